The van der Waals surface area contributed by atoms with Crippen LogP contribution in [0.4, 0.5) is 0 Å². The SMILES string of the molecule is CCCC(C(=O)O)c1csc(C(C)C)n1. The zero-order valence-electron chi connectivity index (χ0n) is 9.36. The predicted octanol–water partition coefficient (Wildman–Crippen LogP) is 3.23. The van der Waals surface area contributed by atoms with Gasteiger partial charge in [0.2, 0.25) is 0 Å². The van der Waals surface area contributed by atoms with Gasteiger partial charge in [0.25, 0.3) is 0 Å². The molecule has 4 heteroatoms. The molecule has 84 valence electrons. The third-order valence-electron chi connectivity index (χ3n) is 2.27. The maximum Gasteiger partial charge on any atom is 0.312 e. The lowest BCUT2D eigenvalue weighted by Gasteiger charge is -2.07. The summed E-state index contributed by atoms with van der Waals surface area (Å²) in [4.78, 5) is 15.4. The highest BCUT2D eigenvalue weighted by molar-refractivity contribution is 7.09. The first-order valence-corrected chi connectivity index (χ1v) is 6.12. The van der Waals surface area contributed by atoms with Crippen molar-refractivity contribution in [2.75, 3.05) is 0 Å². The third-order valence-corrected chi connectivity index (χ3v) is 3.43. The molecule has 1 heterocycles. The Kier molecular flexibility index (Phi) is 4.27. The molecule has 0 radical (unpaired) electrons. The van der Waals surface area contributed by atoms with E-state index in [2.05, 4.69) is 18.8 Å². The highest BCUT2D eigenvalue weighted by atomic mass is 32.1. The van der Waals surface area contributed by atoms with Gasteiger partial charge in [-0.05, 0) is 6.42 Å². The number of carboxylic acid groups (broad SMARTS) is 1. The summed E-state index contributed by atoms with van der Waals surface area (Å²) in [6.07, 6.45) is 1.53. The van der Waals surface area contributed by atoms with Crippen molar-refractivity contribution < 1.29 is 9.90 Å². The van der Waals surface area contributed by atoms with E-state index in [0.29, 0.717) is 12.3 Å². The highest BCUT2D eigenvalue weighted by Gasteiger charge is 2.22. The minimum atomic E-state index is -0.766. The lowest BCUT2D eigenvalue weighted by Crippen LogP contribution is -2.11. The van der Waals surface area contributed by atoms with Gasteiger partial charge in [-0.15, -0.1) is 11.3 Å². The second kappa shape index (κ2) is 5.26. The standard InChI is InChI=1S/C11H17NO2S/c1-4-5-8(11(13)14)9-6-15-10(12-9)7(2)3/h6-8H,4-5H2,1-3H3,(H,13,14). The lowest BCUT2D eigenvalue weighted by atomic mass is 10.0. The molecule has 1 aromatic heterocycles. The summed E-state index contributed by atoms with van der Waals surface area (Å²) in [5, 5.41) is 12.0. The number of aliphatic carboxylic acids is 1. The van der Waals surface area contributed by atoms with Crippen LogP contribution in [0.3, 0.4) is 0 Å². The van der Waals surface area contributed by atoms with E-state index in [0.717, 1.165) is 17.1 Å². The Balaban J connectivity index is 2.86. The summed E-state index contributed by atoms with van der Waals surface area (Å²) in [7, 11) is 0. The van der Waals surface area contributed by atoms with Gasteiger partial charge in [-0.3, -0.25) is 4.79 Å². The van der Waals surface area contributed by atoms with Gasteiger partial charge in [-0.1, -0.05) is 27.2 Å². The Hall–Kier alpha value is -0.900. The molecule has 0 aliphatic carbocycles. The van der Waals surface area contributed by atoms with Crippen LogP contribution in [0.2, 0.25) is 0 Å². The average Bonchev–Trinajstić information content (AvgIpc) is 2.62. The van der Waals surface area contributed by atoms with E-state index < -0.39 is 11.9 Å². The lowest BCUT2D eigenvalue weighted by molar-refractivity contribution is -0.139. The van der Waals surface area contributed by atoms with Crippen molar-refractivity contribution in [1.82, 2.24) is 4.98 Å². The van der Waals surface area contributed by atoms with E-state index >= 15 is 0 Å². The van der Waals surface area contributed by atoms with Gasteiger partial charge in [0.05, 0.1) is 16.6 Å². The van der Waals surface area contributed by atoms with Crippen molar-refractivity contribution >= 4 is 17.3 Å². The minimum absolute atomic E-state index is 0.375. The van der Waals surface area contributed by atoms with Crippen LogP contribution in [-0.2, 0) is 4.79 Å². The molecule has 3 nitrogen and oxygen atoms in total. The largest absolute Gasteiger partial charge is 0.481 e. The Bertz CT molecular complexity index is 333. The Morgan fingerprint density at radius 3 is 2.67 bits per heavy atom. The van der Waals surface area contributed by atoms with Crippen molar-refractivity contribution in [2.24, 2.45) is 0 Å². The summed E-state index contributed by atoms with van der Waals surface area (Å²) in [6, 6.07) is 0. The molecule has 0 fully saturated rings. The second-order valence-electron chi connectivity index (χ2n) is 3.94. The van der Waals surface area contributed by atoms with Crippen LogP contribution in [0.5, 0.6) is 0 Å². The monoisotopic (exact) mass is 227 g/mol. The molecule has 0 aliphatic rings. The number of carboxylic acids is 1. The van der Waals surface area contributed by atoms with Crippen molar-refractivity contribution in [3.05, 3.63) is 16.1 Å². The molecule has 0 amide bonds. The van der Waals surface area contributed by atoms with E-state index in [1.54, 1.807) is 11.3 Å². The number of rotatable bonds is 5. The third kappa shape index (κ3) is 3.02. The van der Waals surface area contributed by atoms with Crippen LogP contribution >= 0.6 is 11.3 Å². The van der Waals surface area contributed by atoms with E-state index in [1.807, 2.05) is 12.3 Å². The number of carbonyl (C=O) groups is 1. The molecule has 1 atom stereocenters. The molecule has 1 unspecified atom stereocenters. The average molecular weight is 227 g/mol. The number of hydrogen-bond donors (Lipinski definition) is 1. The van der Waals surface area contributed by atoms with Crippen LogP contribution in [0.15, 0.2) is 5.38 Å². The predicted molar refractivity (Wildman–Crippen MR) is 61.5 cm³/mol. The van der Waals surface area contributed by atoms with Gasteiger partial charge >= 0.3 is 5.97 Å². The number of thiazole rings is 1. The van der Waals surface area contributed by atoms with Gasteiger partial charge in [-0.2, -0.15) is 0 Å². The summed E-state index contributed by atoms with van der Waals surface area (Å²) >= 11 is 1.55. The van der Waals surface area contributed by atoms with Gasteiger partial charge in [0, 0.05) is 11.3 Å². The molecule has 0 spiro atoms. The molecule has 0 bridgehead atoms. The highest BCUT2D eigenvalue weighted by Crippen LogP contribution is 2.26. The van der Waals surface area contributed by atoms with Crippen LogP contribution in [0.25, 0.3) is 0 Å². The number of aromatic nitrogens is 1. The van der Waals surface area contributed by atoms with Crippen molar-refractivity contribution in [2.45, 2.75) is 45.4 Å². The Morgan fingerprint density at radius 1 is 1.60 bits per heavy atom. The number of nitrogens with zero attached hydrogens (tertiary/aromatic N) is 1. The molecule has 1 rings (SSSR count). The first-order valence-electron chi connectivity index (χ1n) is 5.24. The maximum atomic E-state index is 11.0. The summed E-state index contributed by atoms with van der Waals surface area (Å²) in [5.41, 5.74) is 0.720. The molecule has 1 N–H and O–H groups in total. The molecular formula is C11H17NO2S. The molecule has 0 saturated heterocycles. The molecule has 0 saturated carbocycles. The molecular weight excluding hydrogens is 210 g/mol. The first kappa shape index (κ1) is 12.2. The second-order valence-corrected chi connectivity index (χ2v) is 4.83. The fourth-order valence-corrected chi connectivity index (χ4v) is 2.30. The van der Waals surface area contributed by atoms with E-state index in [-0.39, 0.29) is 0 Å². The van der Waals surface area contributed by atoms with E-state index in [9.17, 15) is 4.79 Å². The fourth-order valence-electron chi connectivity index (χ4n) is 1.41. The van der Waals surface area contributed by atoms with Gasteiger partial charge < -0.3 is 5.11 Å². The summed E-state index contributed by atoms with van der Waals surface area (Å²) < 4.78 is 0. The van der Waals surface area contributed by atoms with Crippen LogP contribution in [-0.4, -0.2) is 16.1 Å². The molecule has 1 aromatic rings. The molecule has 15 heavy (non-hydrogen) atoms. The van der Waals surface area contributed by atoms with Crippen LogP contribution in [0, 0.1) is 0 Å². The van der Waals surface area contributed by atoms with E-state index in [1.165, 1.54) is 0 Å². The maximum absolute atomic E-state index is 11.0. The quantitative estimate of drug-likeness (QED) is 0.840. The Labute approximate surface area is 94.2 Å². The normalized spacial score (nSPS) is 13.1. The van der Waals surface area contributed by atoms with Crippen LogP contribution < -0.4 is 0 Å². The van der Waals surface area contributed by atoms with E-state index in [4.69, 9.17) is 5.11 Å². The van der Waals surface area contributed by atoms with Crippen molar-refractivity contribution in [1.29, 1.82) is 0 Å². The minimum Gasteiger partial charge on any atom is -0.481 e. The molecule has 0 aromatic carbocycles. The van der Waals surface area contributed by atoms with Crippen molar-refractivity contribution in [3.63, 3.8) is 0 Å². The summed E-state index contributed by atoms with van der Waals surface area (Å²) in [6.45, 7) is 6.13. The molecule has 0 aliphatic heterocycles. The van der Waals surface area contributed by atoms with Crippen LogP contribution in [0.1, 0.15) is 56.2 Å². The van der Waals surface area contributed by atoms with Crippen molar-refractivity contribution in [3.8, 4) is 0 Å². The topological polar surface area (TPSA) is 50.2 Å². The van der Waals surface area contributed by atoms with Gasteiger partial charge in [0.1, 0.15) is 0 Å². The Morgan fingerprint density at radius 2 is 2.27 bits per heavy atom. The zero-order chi connectivity index (χ0) is 11.4. The first-order chi connectivity index (χ1) is 7.06. The zero-order valence-corrected chi connectivity index (χ0v) is 10.2. The number of hydrogen-bond acceptors (Lipinski definition) is 3. The van der Waals surface area contributed by atoms with Gasteiger partial charge in [0.15, 0.2) is 0 Å². The van der Waals surface area contributed by atoms with Gasteiger partial charge in [-0.25, -0.2) is 4.98 Å². The summed E-state index contributed by atoms with van der Waals surface area (Å²) in [5.74, 6) is -0.823. The fraction of sp³-hybridized carbons (Fsp3) is 0.636. The smallest absolute Gasteiger partial charge is 0.312 e.